The van der Waals surface area contributed by atoms with E-state index >= 15 is 0 Å². The molecule has 1 saturated carbocycles. The summed E-state index contributed by atoms with van der Waals surface area (Å²) in [5.41, 5.74) is 5.19. The molecule has 7 nitrogen and oxygen atoms in total. The highest BCUT2D eigenvalue weighted by Crippen LogP contribution is 2.31. The average molecular weight is 297 g/mol. The third-order valence-corrected chi connectivity index (χ3v) is 3.25. The largest absolute Gasteiger partial charge is 0.484 e. The summed E-state index contributed by atoms with van der Waals surface area (Å²) in [6.07, 6.45) is 2.19. The zero-order chi connectivity index (χ0) is 15.4. The summed E-state index contributed by atoms with van der Waals surface area (Å²) in [6.45, 7) is 0.0795. The number of hydrogen-bond acceptors (Lipinski definition) is 5. The topological polar surface area (TPSA) is 107 Å². The van der Waals surface area contributed by atoms with Crippen molar-refractivity contribution in [3.8, 4) is 5.75 Å². The van der Waals surface area contributed by atoms with Crippen LogP contribution in [0, 0.1) is 21.8 Å². The van der Waals surface area contributed by atoms with Gasteiger partial charge in [0.25, 0.3) is 5.91 Å². The third-order valence-electron chi connectivity index (χ3n) is 3.25. The first-order chi connectivity index (χ1) is 9.97. The van der Waals surface area contributed by atoms with Gasteiger partial charge in [-0.2, -0.15) is 4.39 Å². The van der Waals surface area contributed by atoms with E-state index in [-0.39, 0.29) is 24.3 Å². The summed E-state index contributed by atoms with van der Waals surface area (Å²) < 4.78 is 18.4. The lowest BCUT2D eigenvalue weighted by atomic mass is 10.2. The molecule has 0 bridgehead atoms. The molecular formula is C13H16FN3O4. The van der Waals surface area contributed by atoms with Crippen LogP contribution in [0.4, 0.5) is 10.1 Å². The summed E-state index contributed by atoms with van der Waals surface area (Å²) in [4.78, 5) is 21.2. The smallest absolute Gasteiger partial charge is 0.305 e. The van der Waals surface area contributed by atoms with E-state index in [0.717, 1.165) is 25.0 Å². The van der Waals surface area contributed by atoms with Crippen molar-refractivity contribution in [2.45, 2.75) is 18.9 Å². The van der Waals surface area contributed by atoms with Crippen molar-refractivity contribution in [3.63, 3.8) is 0 Å². The molecule has 0 saturated heterocycles. The van der Waals surface area contributed by atoms with Crippen LogP contribution in [0.25, 0.3) is 0 Å². The second-order valence-corrected chi connectivity index (χ2v) is 4.96. The fourth-order valence-electron chi connectivity index (χ4n) is 1.85. The molecule has 1 aliphatic carbocycles. The number of nitrogens with two attached hydrogens (primary N) is 1. The van der Waals surface area contributed by atoms with Crippen LogP contribution in [-0.4, -0.2) is 30.0 Å². The van der Waals surface area contributed by atoms with Crippen molar-refractivity contribution in [2.75, 3.05) is 13.2 Å². The predicted octanol–water partition coefficient (Wildman–Crippen LogP) is 0.966. The number of amides is 1. The molecule has 0 radical (unpaired) electrons. The van der Waals surface area contributed by atoms with Gasteiger partial charge in [-0.3, -0.25) is 14.9 Å². The summed E-state index contributed by atoms with van der Waals surface area (Å²) in [5.74, 6) is -0.840. The van der Waals surface area contributed by atoms with Crippen LogP contribution >= 0.6 is 0 Å². The number of nitrogens with one attached hydrogen (secondary N) is 1. The Labute approximate surface area is 120 Å². The number of ether oxygens (including phenoxy) is 1. The Hall–Kier alpha value is -2.22. The number of nitro groups is 1. The maximum absolute atomic E-state index is 13.3. The molecule has 1 fully saturated rings. The van der Waals surface area contributed by atoms with E-state index in [0.29, 0.717) is 12.5 Å². The summed E-state index contributed by atoms with van der Waals surface area (Å²) >= 11 is 0. The highest BCUT2D eigenvalue weighted by molar-refractivity contribution is 5.77. The van der Waals surface area contributed by atoms with Crippen molar-refractivity contribution in [1.29, 1.82) is 0 Å². The van der Waals surface area contributed by atoms with Crippen molar-refractivity contribution in [2.24, 2.45) is 11.7 Å². The second-order valence-electron chi connectivity index (χ2n) is 4.96. The fraction of sp³-hybridized carbons (Fsp3) is 0.462. The zero-order valence-electron chi connectivity index (χ0n) is 11.3. The van der Waals surface area contributed by atoms with Gasteiger partial charge in [-0.05, 0) is 24.8 Å². The molecular weight excluding hydrogens is 281 g/mol. The zero-order valence-corrected chi connectivity index (χ0v) is 11.3. The number of hydrogen-bond donors (Lipinski definition) is 2. The number of nitro benzene ring substituents is 1. The normalized spacial score (nSPS) is 15.3. The van der Waals surface area contributed by atoms with E-state index in [9.17, 15) is 19.3 Å². The van der Waals surface area contributed by atoms with Gasteiger partial charge in [0.1, 0.15) is 5.75 Å². The maximum atomic E-state index is 13.3. The fourth-order valence-corrected chi connectivity index (χ4v) is 1.85. The number of nitrogens with zero attached hydrogens (tertiary/aromatic N) is 1. The Morgan fingerprint density at radius 2 is 2.29 bits per heavy atom. The lowest BCUT2D eigenvalue weighted by molar-refractivity contribution is -0.387. The van der Waals surface area contributed by atoms with Gasteiger partial charge in [-0.15, -0.1) is 0 Å². The molecule has 0 aliphatic heterocycles. The Morgan fingerprint density at radius 3 is 2.86 bits per heavy atom. The van der Waals surface area contributed by atoms with Gasteiger partial charge in [-0.1, -0.05) is 0 Å². The lowest BCUT2D eigenvalue weighted by Gasteiger charge is -2.12. The highest BCUT2D eigenvalue weighted by Gasteiger charge is 2.28. The van der Waals surface area contributed by atoms with Gasteiger partial charge < -0.3 is 15.8 Å². The Balaban J connectivity index is 1.78. The van der Waals surface area contributed by atoms with Gasteiger partial charge >= 0.3 is 5.69 Å². The van der Waals surface area contributed by atoms with Crippen molar-refractivity contribution < 1.29 is 18.8 Å². The Bertz CT molecular complexity index is 548. The predicted molar refractivity (Wildman–Crippen MR) is 72.3 cm³/mol. The molecule has 0 spiro atoms. The summed E-state index contributed by atoms with van der Waals surface area (Å²) in [7, 11) is 0. The van der Waals surface area contributed by atoms with Crippen LogP contribution in [0.15, 0.2) is 18.2 Å². The molecule has 1 aliphatic rings. The second kappa shape index (κ2) is 6.49. The molecule has 0 aromatic heterocycles. The first kappa shape index (κ1) is 15.2. The van der Waals surface area contributed by atoms with Gasteiger partial charge in [-0.25, -0.2) is 0 Å². The molecule has 1 aromatic rings. The van der Waals surface area contributed by atoms with E-state index in [4.69, 9.17) is 10.5 Å². The SMILES string of the molecule is NC(CNC(=O)COc1ccc([N+](=O)[O-])c(F)c1)C1CC1. The summed E-state index contributed by atoms with van der Waals surface area (Å²) in [5, 5.41) is 13.1. The number of carbonyl (C=O) groups excluding carboxylic acids is 1. The Kier molecular flexibility index (Phi) is 4.69. The van der Waals surface area contributed by atoms with Crippen molar-refractivity contribution in [1.82, 2.24) is 5.32 Å². The highest BCUT2D eigenvalue weighted by atomic mass is 19.1. The molecule has 3 N–H and O–H groups in total. The molecule has 114 valence electrons. The molecule has 21 heavy (non-hydrogen) atoms. The van der Waals surface area contributed by atoms with Crippen LogP contribution in [0.5, 0.6) is 5.75 Å². The molecule has 2 rings (SSSR count). The average Bonchev–Trinajstić information content (AvgIpc) is 3.26. The van der Waals surface area contributed by atoms with E-state index in [1.807, 2.05) is 0 Å². The number of rotatable bonds is 7. The van der Waals surface area contributed by atoms with Crippen LogP contribution < -0.4 is 15.8 Å². The van der Waals surface area contributed by atoms with Crippen LogP contribution in [0.2, 0.25) is 0 Å². The van der Waals surface area contributed by atoms with E-state index in [1.54, 1.807) is 0 Å². The number of benzene rings is 1. The van der Waals surface area contributed by atoms with Gasteiger partial charge in [0, 0.05) is 24.7 Å². The van der Waals surface area contributed by atoms with Gasteiger partial charge in [0.05, 0.1) is 4.92 Å². The molecule has 0 heterocycles. The maximum Gasteiger partial charge on any atom is 0.305 e. The molecule has 8 heteroatoms. The van der Waals surface area contributed by atoms with E-state index in [2.05, 4.69) is 5.32 Å². The van der Waals surface area contributed by atoms with Crippen LogP contribution in [0.1, 0.15) is 12.8 Å². The minimum atomic E-state index is -1.01. The third kappa shape index (κ3) is 4.38. The molecule has 1 unspecified atom stereocenters. The molecule has 1 amide bonds. The van der Waals surface area contributed by atoms with Crippen molar-refractivity contribution in [3.05, 3.63) is 34.1 Å². The first-order valence-corrected chi connectivity index (χ1v) is 6.56. The molecule has 1 atom stereocenters. The van der Waals surface area contributed by atoms with Crippen molar-refractivity contribution >= 4 is 11.6 Å². The van der Waals surface area contributed by atoms with Crippen LogP contribution in [0.3, 0.4) is 0 Å². The van der Waals surface area contributed by atoms with Gasteiger partial charge in [0.2, 0.25) is 5.82 Å². The molecule has 1 aromatic carbocycles. The van der Waals surface area contributed by atoms with E-state index in [1.165, 1.54) is 6.07 Å². The standard InChI is InChI=1S/C13H16FN3O4/c14-10-5-9(3-4-12(10)17(19)20)21-7-13(18)16-6-11(15)8-1-2-8/h3-5,8,11H,1-2,6-7,15H2,(H,16,18). The number of carbonyl (C=O) groups is 1. The first-order valence-electron chi connectivity index (χ1n) is 6.56. The van der Waals surface area contributed by atoms with Crippen LogP contribution in [-0.2, 0) is 4.79 Å². The number of halogens is 1. The van der Waals surface area contributed by atoms with E-state index < -0.39 is 16.4 Å². The minimum absolute atomic E-state index is 0.0502. The summed E-state index contributed by atoms with van der Waals surface area (Å²) in [6, 6.07) is 3.06. The van der Waals surface area contributed by atoms with Gasteiger partial charge in [0.15, 0.2) is 6.61 Å². The minimum Gasteiger partial charge on any atom is -0.484 e. The Morgan fingerprint density at radius 1 is 1.57 bits per heavy atom. The lowest BCUT2D eigenvalue weighted by Crippen LogP contribution is -2.40. The quantitative estimate of drug-likeness (QED) is 0.576. The monoisotopic (exact) mass is 297 g/mol.